The van der Waals surface area contributed by atoms with Crippen molar-refractivity contribution in [2.24, 2.45) is 0 Å². The molecule has 9 nitrogen and oxygen atoms in total. The molecule has 230 valence electrons. The van der Waals surface area contributed by atoms with Gasteiger partial charge in [0.25, 0.3) is 11.6 Å². The number of aromatic nitrogens is 2. The number of carbonyl (C=O) groups is 1. The van der Waals surface area contributed by atoms with Gasteiger partial charge in [-0.15, -0.1) is 0 Å². The Hall–Kier alpha value is -5.23. The number of amides is 1. The molecule has 0 atom stereocenters. The SMILES string of the molecule is COc1ccc(-c2nc3ccc(-c4cccc([N+](=O)[O-])c4)cn3c2CN2CCN(C(=O)c3ccc(C(F)(F)F)cc3)CC2)cc1. The van der Waals surface area contributed by atoms with Gasteiger partial charge in [-0.1, -0.05) is 12.1 Å². The van der Waals surface area contributed by atoms with E-state index in [1.165, 1.54) is 24.3 Å². The van der Waals surface area contributed by atoms with Gasteiger partial charge in [0.2, 0.25) is 0 Å². The summed E-state index contributed by atoms with van der Waals surface area (Å²) in [6, 6.07) is 22.1. The summed E-state index contributed by atoms with van der Waals surface area (Å²) in [5.41, 5.74) is 4.20. The van der Waals surface area contributed by atoms with Gasteiger partial charge in [-0.05, 0) is 71.8 Å². The lowest BCUT2D eigenvalue weighted by Gasteiger charge is -2.34. The standard InChI is InChI=1S/C33H28F3N5O4/c1-45-28-12-7-22(8-13-28)31-29(40-20-25(9-14-30(40)37-31)24-3-2-4-27(19-24)41(43)44)21-38-15-17-39(18-16-38)32(42)23-5-10-26(11-6-23)33(34,35)36/h2-14,19-20H,15-18,21H2,1H3. The van der Waals surface area contributed by atoms with Crippen molar-refractivity contribution in [2.45, 2.75) is 12.7 Å². The summed E-state index contributed by atoms with van der Waals surface area (Å²) in [4.78, 5) is 32.8. The van der Waals surface area contributed by atoms with Gasteiger partial charge in [0, 0.05) is 62.2 Å². The molecule has 5 aromatic rings. The Morgan fingerprint density at radius 1 is 0.911 bits per heavy atom. The second-order valence-electron chi connectivity index (χ2n) is 10.7. The van der Waals surface area contributed by atoms with Crippen LogP contribution in [0.3, 0.4) is 0 Å². The summed E-state index contributed by atoms with van der Waals surface area (Å²) in [5, 5.41) is 11.4. The molecule has 1 aliphatic heterocycles. The normalized spacial score (nSPS) is 14.1. The first-order chi connectivity index (χ1) is 21.6. The summed E-state index contributed by atoms with van der Waals surface area (Å²) in [5.74, 6) is 0.407. The van der Waals surface area contributed by atoms with E-state index >= 15 is 0 Å². The summed E-state index contributed by atoms with van der Waals surface area (Å²) >= 11 is 0. The molecule has 12 heteroatoms. The van der Waals surface area contributed by atoms with Gasteiger partial charge in [-0.25, -0.2) is 4.98 Å². The summed E-state index contributed by atoms with van der Waals surface area (Å²) in [7, 11) is 1.60. The monoisotopic (exact) mass is 615 g/mol. The number of rotatable bonds is 7. The number of methoxy groups -OCH3 is 1. The molecule has 0 aliphatic carbocycles. The first kappa shape index (κ1) is 29.8. The highest BCUT2D eigenvalue weighted by Gasteiger charge is 2.31. The summed E-state index contributed by atoms with van der Waals surface area (Å²) < 4.78 is 46.2. The summed E-state index contributed by atoms with van der Waals surface area (Å²) in [6.45, 7) is 2.42. The molecular weight excluding hydrogens is 587 g/mol. The summed E-state index contributed by atoms with van der Waals surface area (Å²) in [6.07, 6.45) is -2.54. The smallest absolute Gasteiger partial charge is 0.416 e. The maximum atomic E-state index is 13.0. The van der Waals surface area contributed by atoms with E-state index in [9.17, 15) is 28.1 Å². The number of imidazole rings is 1. The number of hydrogen-bond acceptors (Lipinski definition) is 6. The van der Waals surface area contributed by atoms with Crippen LogP contribution >= 0.6 is 0 Å². The number of nitro benzene ring substituents is 1. The minimum atomic E-state index is -4.46. The molecule has 0 N–H and O–H groups in total. The molecule has 1 fully saturated rings. The lowest BCUT2D eigenvalue weighted by molar-refractivity contribution is -0.384. The van der Waals surface area contributed by atoms with Crippen molar-refractivity contribution in [3.8, 4) is 28.1 Å². The van der Waals surface area contributed by atoms with Gasteiger partial charge in [0.05, 0.1) is 29.0 Å². The van der Waals surface area contributed by atoms with E-state index in [1.54, 1.807) is 18.1 Å². The predicted octanol–water partition coefficient (Wildman–Crippen LogP) is 6.56. The Morgan fingerprint density at radius 3 is 2.24 bits per heavy atom. The Morgan fingerprint density at radius 2 is 1.60 bits per heavy atom. The van der Waals surface area contributed by atoms with Crippen LogP contribution in [0.2, 0.25) is 0 Å². The Kier molecular flexibility index (Phi) is 7.98. The number of hydrogen-bond donors (Lipinski definition) is 0. The number of ether oxygens (including phenoxy) is 1. The average Bonchev–Trinajstić information content (AvgIpc) is 3.41. The second kappa shape index (κ2) is 12.0. The molecule has 6 rings (SSSR count). The number of benzene rings is 3. The van der Waals surface area contributed by atoms with Crippen LogP contribution in [0.25, 0.3) is 28.0 Å². The number of piperazine rings is 1. The van der Waals surface area contributed by atoms with E-state index in [1.807, 2.05) is 53.1 Å². The molecule has 0 bridgehead atoms. The number of alkyl halides is 3. The molecule has 3 aromatic carbocycles. The van der Waals surface area contributed by atoms with Crippen LogP contribution in [0, 0.1) is 10.1 Å². The van der Waals surface area contributed by atoms with Crippen LogP contribution in [-0.4, -0.2) is 63.3 Å². The van der Waals surface area contributed by atoms with Crippen LogP contribution in [0.4, 0.5) is 18.9 Å². The van der Waals surface area contributed by atoms with Gasteiger partial charge in [0.15, 0.2) is 0 Å². The molecule has 0 spiro atoms. The van der Waals surface area contributed by atoms with Crippen LogP contribution in [0.15, 0.2) is 91.1 Å². The molecule has 2 aromatic heterocycles. The zero-order valence-electron chi connectivity index (χ0n) is 24.2. The van der Waals surface area contributed by atoms with Crippen LogP contribution < -0.4 is 4.74 Å². The highest BCUT2D eigenvalue weighted by Crippen LogP contribution is 2.32. The van der Waals surface area contributed by atoms with Crippen molar-refractivity contribution >= 4 is 17.2 Å². The number of pyridine rings is 1. The third kappa shape index (κ3) is 6.22. The molecular formula is C33H28F3N5O4. The maximum absolute atomic E-state index is 13.0. The van der Waals surface area contributed by atoms with E-state index in [0.717, 1.165) is 34.6 Å². The van der Waals surface area contributed by atoms with E-state index in [-0.39, 0.29) is 17.2 Å². The highest BCUT2D eigenvalue weighted by molar-refractivity contribution is 5.94. The van der Waals surface area contributed by atoms with Crippen molar-refractivity contribution in [3.05, 3.63) is 118 Å². The minimum Gasteiger partial charge on any atom is -0.497 e. The van der Waals surface area contributed by atoms with Crippen molar-refractivity contribution in [1.82, 2.24) is 19.2 Å². The van der Waals surface area contributed by atoms with E-state index in [2.05, 4.69) is 4.90 Å². The van der Waals surface area contributed by atoms with Crippen LogP contribution in [0.5, 0.6) is 5.75 Å². The lowest BCUT2D eigenvalue weighted by Crippen LogP contribution is -2.48. The van der Waals surface area contributed by atoms with Crippen LogP contribution in [-0.2, 0) is 12.7 Å². The van der Waals surface area contributed by atoms with Crippen molar-refractivity contribution in [3.63, 3.8) is 0 Å². The van der Waals surface area contributed by atoms with Crippen molar-refractivity contribution in [2.75, 3.05) is 33.3 Å². The topological polar surface area (TPSA) is 93.2 Å². The molecule has 0 radical (unpaired) electrons. The number of non-ortho nitro benzene ring substituents is 1. The van der Waals surface area contributed by atoms with Gasteiger partial charge < -0.3 is 14.0 Å². The number of carbonyl (C=O) groups excluding carboxylic acids is 1. The van der Waals surface area contributed by atoms with E-state index < -0.39 is 16.7 Å². The Bertz CT molecular complexity index is 1860. The molecule has 3 heterocycles. The minimum absolute atomic E-state index is 0.00101. The third-order valence-electron chi connectivity index (χ3n) is 7.96. The van der Waals surface area contributed by atoms with Gasteiger partial charge >= 0.3 is 6.18 Å². The van der Waals surface area contributed by atoms with Gasteiger partial charge in [0.1, 0.15) is 11.4 Å². The zero-order chi connectivity index (χ0) is 31.7. The first-order valence-electron chi connectivity index (χ1n) is 14.2. The average molecular weight is 616 g/mol. The number of nitro groups is 1. The molecule has 1 aliphatic rings. The quantitative estimate of drug-likeness (QED) is 0.152. The maximum Gasteiger partial charge on any atom is 0.416 e. The van der Waals surface area contributed by atoms with E-state index in [4.69, 9.17) is 9.72 Å². The Balaban J connectivity index is 1.27. The van der Waals surface area contributed by atoms with Gasteiger partial charge in [-0.3, -0.25) is 19.8 Å². The number of nitrogens with zero attached hydrogens (tertiary/aromatic N) is 5. The largest absolute Gasteiger partial charge is 0.497 e. The molecule has 45 heavy (non-hydrogen) atoms. The first-order valence-corrected chi connectivity index (χ1v) is 14.2. The zero-order valence-corrected chi connectivity index (χ0v) is 24.2. The second-order valence-corrected chi connectivity index (χ2v) is 10.7. The fourth-order valence-corrected chi connectivity index (χ4v) is 5.50. The van der Waals surface area contributed by atoms with Crippen molar-refractivity contribution in [1.29, 1.82) is 0 Å². The molecule has 0 unspecified atom stereocenters. The van der Waals surface area contributed by atoms with E-state index in [0.29, 0.717) is 49.7 Å². The number of halogens is 3. The van der Waals surface area contributed by atoms with Crippen LogP contribution in [0.1, 0.15) is 21.6 Å². The van der Waals surface area contributed by atoms with Gasteiger partial charge in [-0.2, -0.15) is 13.2 Å². The fraction of sp³-hybridized carbons (Fsp3) is 0.212. The predicted molar refractivity (Wildman–Crippen MR) is 162 cm³/mol. The molecule has 0 saturated carbocycles. The lowest BCUT2D eigenvalue weighted by atomic mass is 10.1. The van der Waals surface area contributed by atoms with Crippen molar-refractivity contribution < 1.29 is 27.6 Å². The molecule has 1 saturated heterocycles. The number of fused-ring (bicyclic) bond motifs is 1. The third-order valence-corrected chi connectivity index (χ3v) is 7.96. The Labute approximate surface area is 256 Å². The highest BCUT2D eigenvalue weighted by atomic mass is 19.4. The fourth-order valence-electron chi connectivity index (χ4n) is 5.50. The molecule has 1 amide bonds.